The molecule has 0 radical (unpaired) electrons. The second-order valence-electron chi connectivity index (χ2n) is 12.0. The van der Waals surface area contributed by atoms with Crippen molar-refractivity contribution in [2.45, 2.75) is 44.4 Å². The van der Waals surface area contributed by atoms with Crippen LogP contribution in [0.2, 0.25) is 0 Å². The smallest absolute Gasteiger partial charge is 0.431 e. The number of nitrogens with zero attached hydrogens (tertiary/aromatic N) is 2. The minimum Gasteiger partial charge on any atom is -0.459 e. The molecule has 6 rings (SSSR count). The fourth-order valence-corrected chi connectivity index (χ4v) is 6.49. The third-order valence-electron chi connectivity index (χ3n) is 8.53. The van der Waals surface area contributed by atoms with Crippen molar-refractivity contribution in [2.24, 2.45) is 0 Å². The van der Waals surface area contributed by atoms with Gasteiger partial charge >= 0.3 is 24.1 Å². The van der Waals surface area contributed by atoms with E-state index < -0.39 is 42.1 Å². The quantitative estimate of drug-likeness (QED) is 0.0727. The van der Waals surface area contributed by atoms with Gasteiger partial charge in [-0.1, -0.05) is 128 Å². The lowest BCUT2D eigenvalue weighted by molar-refractivity contribution is -0.179. The first-order valence-electron chi connectivity index (χ1n) is 16.5. The molecule has 0 aliphatic carbocycles. The lowest BCUT2D eigenvalue weighted by Crippen LogP contribution is -2.64. The third kappa shape index (κ3) is 8.06. The van der Waals surface area contributed by atoms with Crippen LogP contribution in [0.3, 0.4) is 0 Å². The van der Waals surface area contributed by atoms with E-state index in [0.717, 1.165) is 5.01 Å². The molecule has 2 amide bonds. The zero-order valence-electron chi connectivity index (χ0n) is 28.2. The van der Waals surface area contributed by atoms with Gasteiger partial charge in [-0.05, 0) is 50.2 Å². The number of ether oxygens (including phenoxy) is 4. The number of carbonyl (C=O) groups excluding carboxylic acids is 4. The molecule has 1 aliphatic rings. The van der Waals surface area contributed by atoms with Gasteiger partial charge in [-0.2, -0.15) is 16.3 Å². The summed E-state index contributed by atoms with van der Waals surface area (Å²) in [5.41, 5.74) is 1.05. The van der Waals surface area contributed by atoms with Crippen molar-refractivity contribution in [1.82, 2.24) is 10.0 Å². The van der Waals surface area contributed by atoms with Crippen molar-refractivity contribution in [3.8, 4) is 0 Å². The summed E-state index contributed by atoms with van der Waals surface area (Å²) in [7, 11) is 0. The Hall–Kier alpha value is -6.20. The number of amides is 2. The lowest BCUT2D eigenvalue weighted by Gasteiger charge is -2.36. The molecule has 52 heavy (non-hydrogen) atoms. The van der Waals surface area contributed by atoms with E-state index in [-0.39, 0.29) is 26.4 Å². The van der Waals surface area contributed by atoms with E-state index in [4.69, 9.17) is 18.9 Å². The number of benzene rings is 4. The van der Waals surface area contributed by atoms with Crippen LogP contribution in [-0.4, -0.2) is 45.7 Å². The number of hydrogen-bond donors (Lipinski definition) is 0. The average Bonchev–Trinajstić information content (AvgIpc) is 3.87. The normalized spacial score (nSPS) is 14.7. The van der Waals surface area contributed by atoms with Crippen molar-refractivity contribution in [3.05, 3.63) is 173 Å². The molecule has 1 atom stereocenters. The maximum absolute atomic E-state index is 14.6. The summed E-state index contributed by atoms with van der Waals surface area (Å²) < 4.78 is 23.1. The van der Waals surface area contributed by atoms with Crippen LogP contribution < -0.4 is 0 Å². The van der Waals surface area contributed by atoms with Gasteiger partial charge in [-0.25, -0.2) is 24.2 Å². The van der Waals surface area contributed by atoms with Gasteiger partial charge in [0.1, 0.15) is 26.4 Å². The van der Waals surface area contributed by atoms with E-state index in [9.17, 15) is 19.2 Å². The van der Waals surface area contributed by atoms with E-state index in [1.54, 1.807) is 103 Å². The molecule has 0 unspecified atom stereocenters. The molecule has 2 heterocycles. The highest BCUT2D eigenvalue weighted by Crippen LogP contribution is 2.43. The fourth-order valence-electron chi connectivity index (χ4n) is 5.81. The van der Waals surface area contributed by atoms with Gasteiger partial charge in [-0.15, -0.1) is 0 Å². The number of carbonyl (C=O) groups is 4. The predicted octanol–water partition coefficient (Wildman–Crippen LogP) is 7.95. The monoisotopic (exact) mass is 716 g/mol. The van der Waals surface area contributed by atoms with Crippen LogP contribution in [0.15, 0.2) is 145 Å². The Morgan fingerprint density at radius 2 is 1.00 bits per heavy atom. The molecule has 0 spiro atoms. The Balaban J connectivity index is 1.44. The molecule has 264 valence electrons. The number of thiophene rings is 1. The molecule has 10 nitrogen and oxygen atoms in total. The first-order chi connectivity index (χ1) is 25.4. The van der Waals surface area contributed by atoms with E-state index in [1.165, 1.54) is 11.3 Å². The largest absolute Gasteiger partial charge is 0.459 e. The average molecular weight is 717 g/mol. The van der Waals surface area contributed by atoms with Crippen LogP contribution in [0.1, 0.15) is 34.2 Å². The molecule has 1 aromatic heterocycles. The van der Waals surface area contributed by atoms with Crippen molar-refractivity contribution in [2.75, 3.05) is 0 Å². The van der Waals surface area contributed by atoms with Crippen LogP contribution in [0.25, 0.3) is 5.57 Å². The van der Waals surface area contributed by atoms with Crippen LogP contribution in [0.5, 0.6) is 0 Å². The summed E-state index contributed by atoms with van der Waals surface area (Å²) in [6.45, 7) is 3.42. The van der Waals surface area contributed by atoms with Crippen LogP contribution in [-0.2, 0) is 55.0 Å². The highest BCUT2D eigenvalue weighted by molar-refractivity contribution is 7.08. The highest BCUT2D eigenvalue weighted by Gasteiger charge is 2.68. The van der Waals surface area contributed by atoms with Crippen molar-refractivity contribution in [3.63, 3.8) is 0 Å². The molecule has 11 heteroatoms. The first-order valence-corrected chi connectivity index (χ1v) is 17.5. The van der Waals surface area contributed by atoms with Gasteiger partial charge in [0.15, 0.2) is 0 Å². The zero-order valence-corrected chi connectivity index (χ0v) is 29.0. The van der Waals surface area contributed by atoms with Gasteiger partial charge < -0.3 is 18.9 Å². The van der Waals surface area contributed by atoms with Crippen molar-refractivity contribution < 1.29 is 38.1 Å². The van der Waals surface area contributed by atoms with Gasteiger partial charge in [0.05, 0.1) is 6.04 Å². The summed E-state index contributed by atoms with van der Waals surface area (Å²) >= 11 is 1.40. The second kappa shape index (κ2) is 16.7. The van der Waals surface area contributed by atoms with Gasteiger partial charge in [0.2, 0.25) is 0 Å². The molecule has 1 aliphatic heterocycles. The number of rotatable bonds is 12. The summed E-state index contributed by atoms with van der Waals surface area (Å²) in [6, 6.07) is 36.2. The lowest BCUT2D eigenvalue weighted by atomic mass is 9.88. The van der Waals surface area contributed by atoms with Crippen LogP contribution >= 0.6 is 11.3 Å². The van der Waals surface area contributed by atoms with Crippen LogP contribution in [0.4, 0.5) is 9.59 Å². The van der Waals surface area contributed by atoms with E-state index in [1.807, 2.05) is 35.0 Å². The topological polar surface area (TPSA) is 112 Å². The molecule has 4 aromatic carbocycles. The molecule has 5 aromatic rings. The van der Waals surface area contributed by atoms with Crippen molar-refractivity contribution in [1.29, 1.82) is 0 Å². The van der Waals surface area contributed by atoms with Gasteiger partial charge in [0, 0.05) is 6.42 Å². The number of hydrazine groups is 1. The molecule has 1 fully saturated rings. The summed E-state index contributed by atoms with van der Waals surface area (Å²) in [5.74, 6) is -2.24. The molecule has 0 N–H and O–H groups in total. The number of esters is 2. The predicted molar refractivity (Wildman–Crippen MR) is 194 cm³/mol. The van der Waals surface area contributed by atoms with Gasteiger partial charge in [-0.3, -0.25) is 0 Å². The van der Waals surface area contributed by atoms with Crippen molar-refractivity contribution >= 4 is 41.0 Å². The maximum atomic E-state index is 14.6. The Morgan fingerprint density at radius 1 is 0.596 bits per heavy atom. The van der Waals surface area contributed by atoms with Crippen LogP contribution in [0, 0.1) is 0 Å². The second-order valence-corrected chi connectivity index (χ2v) is 12.8. The zero-order chi connectivity index (χ0) is 36.3. The first kappa shape index (κ1) is 35.6. The Labute approximate surface area is 305 Å². The van der Waals surface area contributed by atoms with E-state index in [0.29, 0.717) is 38.4 Å². The Bertz CT molecular complexity index is 1920. The maximum Gasteiger partial charge on any atom is 0.431 e. The fraction of sp³-hybridized carbons (Fsp3) is 0.171. The number of hydrogen-bond acceptors (Lipinski definition) is 9. The SMILES string of the molecule is C=C(c1ccsc1)[C@H]1CC(C(=O)OCc2ccccc2)(C(=O)OCc2ccccc2)N(C(=O)OCc2ccccc2)N1C(=O)OCc1ccccc1. The third-order valence-corrected chi connectivity index (χ3v) is 9.21. The standard InChI is InChI=1S/C41H36N2O8S/c1-30(35-22-23-52-29-35)36-24-41(37(44)48-25-31-14-6-2-7-15-31,38(45)49-26-32-16-8-3-9-17-32)43(40(47)51-28-34-20-12-5-13-21-34)42(36)39(46)50-27-33-18-10-4-11-19-33/h2-23,29,36H,1,24-28H2/t36-/m1/s1. The summed E-state index contributed by atoms with van der Waals surface area (Å²) in [4.78, 5) is 58.0. The van der Waals surface area contributed by atoms with Gasteiger partial charge in [0.25, 0.3) is 5.54 Å². The molecule has 0 saturated carbocycles. The molecular weight excluding hydrogens is 681 g/mol. The summed E-state index contributed by atoms with van der Waals surface area (Å²) in [6.07, 6.45) is -2.64. The molecular formula is C41H36N2O8S. The minimum absolute atomic E-state index is 0.162. The molecule has 1 saturated heterocycles. The molecule has 0 bridgehead atoms. The highest BCUT2D eigenvalue weighted by atomic mass is 32.1. The Kier molecular flexibility index (Phi) is 11.4. The summed E-state index contributed by atoms with van der Waals surface area (Å²) in [5, 5.41) is 5.28. The minimum atomic E-state index is -2.53. The Morgan fingerprint density at radius 3 is 1.40 bits per heavy atom. The van der Waals surface area contributed by atoms with E-state index in [2.05, 4.69) is 6.58 Å². The van der Waals surface area contributed by atoms with E-state index >= 15 is 0 Å².